The molecule has 1 aromatic rings. The minimum atomic E-state index is -1.11. The minimum Gasteiger partial charge on any atom is -0.480 e. The van der Waals surface area contributed by atoms with Crippen molar-refractivity contribution in [1.82, 2.24) is 0 Å². The Kier molecular flexibility index (Phi) is 4.97. The van der Waals surface area contributed by atoms with Gasteiger partial charge in [0, 0.05) is 37.3 Å². The molecule has 0 saturated carbocycles. The van der Waals surface area contributed by atoms with E-state index in [0.717, 1.165) is 31.6 Å². The molecule has 0 radical (unpaired) electrons. The van der Waals surface area contributed by atoms with Gasteiger partial charge in [0.15, 0.2) is 0 Å². The Hall–Kier alpha value is -2.15. The number of carboxylic acid groups (broad SMARTS) is 1. The van der Waals surface area contributed by atoms with Crippen molar-refractivity contribution >= 4 is 17.3 Å². The second kappa shape index (κ2) is 6.74. The zero-order chi connectivity index (χ0) is 16.3. The minimum absolute atomic E-state index is 0.0401. The van der Waals surface area contributed by atoms with Gasteiger partial charge in [-0.05, 0) is 30.4 Å². The summed E-state index contributed by atoms with van der Waals surface area (Å²) >= 11 is 0. The number of carbonyl (C=O) groups is 1. The van der Waals surface area contributed by atoms with Crippen LogP contribution in [0.2, 0.25) is 0 Å². The smallest absolute Gasteiger partial charge is 0.320 e. The van der Waals surface area contributed by atoms with E-state index in [1.54, 1.807) is 6.07 Å². The number of nitro groups is 1. The molecule has 1 atom stereocenters. The zero-order valence-electron chi connectivity index (χ0n) is 12.6. The van der Waals surface area contributed by atoms with Crippen LogP contribution >= 0.6 is 0 Å². The predicted molar refractivity (Wildman–Crippen MR) is 83.0 cm³/mol. The van der Waals surface area contributed by atoms with Crippen molar-refractivity contribution in [1.29, 1.82) is 0 Å². The van der Waals surface area contributed by atoms with Crippen molar-refractivity contribution in [2.75, 3.05) is 18.0 Å². The summed E-state index contributed by atoms with van der Waals surface area (Å²) in [6.45, 7) is 3.94. The maximum absolute atomic E-state index is 11.0. The molecule has 1 unspecified atom stereocenters. The Morgan fingerprint density at radius 2 is 2.14 bits per heavy atom. The number of aliphatic carboxylic acids is 1. The highest BCUT2D eigenvalue weighted by molar-refractivity contribution is 5.74. The van der Waals surface area contributed by atoms with Crippen LogP contribution in [0.25, 0.3) is 0 Å². The summed E-state index contributed by atoms with van der Waals surface area (Å²) < 4.78 is 0. The summed E-state index contributed by atoms with van der Waals surface area (Å²) in [5, 5.41) is 19.9. The highest BCUT2D eigenvalue weighted by atomic mass is 16.6. The van der Waals surface area contributed by atoms with Crippen LogP contribution in [-0.4, -0.2) is 35.1 Å². The number of carboxylic acids is 1. The Balaban J connectivity index is 2.30. The first-order valence-corrected chi connectivity index (χ1v) is 7.39. The lowest BCUT2D eigenvalue weighted by atomic mass is 9.96. The van der Waals surface area contributed by atoms with Crippen LogP contribution in [0.1, 0.15) is 25.3 Å². The molecule has 1 aliphatic heterocycles. The highest BCUT2D eigenvalue weighted by Crippen LogP contribution is 2.30. The van der Waals surface area contributed by atoms with Crippen LogP contribution in [0.3, 0.4) is 0 Å². The van der Waals surface area contributed by atoms with Gasteiger partial charge >= 0.3 is 5.97 Å². The third-order valence-electron chi connectivity index (χ3n) is 4.16. The normalized spacial score (nSPS) is 17.3. The van der Waals surface area contributed by atoms with E-state index in [1.165, 1.54) is 12.1 Å². The van der Waals surface area contributed by atoms with E-state index in [0.29, 0.717) is 11.5 Å². The fourth-order valence-corrected chi connectivity index (χ4v) is 2.73. The number of benzene rings is 1. The van der Waals surface area contributed by atoms with Gasteiger partial charge in [0.25, 0.3) is 5.69 Å². The summed E-state index contributed by atoms with van der Waals surface area (Å²) in [5.74, 6) is -0.441. The van der Waals surface area contributed by atoms with Gasteiger partial charge in [0.2, 0.25) is 0 Å². The topological polar surface area (TPSA) is 110 Å². The van der Waals surface area contributed by atoms with Crippen LogP contribution < -0.4 is 10.6 Å². The second-order valence-electron chi connectivity index (χ2n) is 5.89. The molecular weight excluding hydrogens is 286 g/mol. The van der Waals surface area contributed by atoms with E-state index < -0.39 is 16.9 Å². The summed E-state index contributed by atoms with van der Waals surface area (Å²) in [7, 11) is 0. The quantitative estimate of drug-likeness (QED) is 0.634. The lowest BCUT2D eigenvalue weighted by Gasteiger charge is -2.33. The first-order chi connectivity index (χ1) is 10.4. The zero-order valence-corrected chi connectivity index (χ0v) is 12.6. The monoisotopic (exact) mass is 307 g/mol. The van der Waals surface area contributed by atoms with E-state index in [2.05, 4.69) is 11.8 Å². The molecule has 0 amide bonds. The fourth-order valence-electron chi connectivity index (χ4n) is 2.73. The van der Waals surface area contributed by atoms with E-state index in [9.17, 15) is 14.9 Å². The molecule has 0 bridgehead atoms. The predicted octanol–water partition coefficient (Wildman–Crippen LogP) is 1.79. The Labute approximate surface area is 128 Å². The molecular formula is C15H21N3O4. The molecule has 22 heavy (non-hydrogen) atoms. The second-order valence-corrected chi connectivity index (χ2v) is 5.89. The van der Waals surface area contributed by atoms with Crippen LogP contribution in [0.4, 0.5) is 11.4 Å². The van der Waals surface area contributed by atoms with Crippen LogP contribution in [0.5, 0.6) is 0 Å². The van der Waals surface area contributed by atoms with Gasteiger partial charge in [0.1, 0.15) is 6.04 Å². The van der Waals surface area contributed by atoms with Gasteiger partial charge in [-0.1, -0.05) is 6.92 Å². The van der Waals surface area contributed by atoms with Gasteiger partial charge in [-0.3, -0.25) is 14.9 Å². The number of anilines is 1. The number of nitro benzene ring substituents is 1. The van der Waals surface area contributed by atoms with Gasteiger partial charge in [-0.2, -0.15) is 0 Å². The van der Waals surface area contributed by atoms with E-state index in [4.69, 9.17) is 10.8 Å². The third-order valence-corrected chi connectivity index (χ3v) is 4.16. The average Bonchev–Trinajstić information content (AvgIpc) is 2.48. The standard InChI is InChI=1S/C15H21N3O4/c1-10-4-6-17(7-5-10)14-3-2-12(18(21)22)8-11(14)9-13(16)15(19)20/h2-3,8,10,13H,4-7,9,16H2,1H3,(H,19,20). The Morgan fingerprint density at radius 1 is 1.50 bits per heavy atom. The van der Waals surface area contributed by atoms with Crippen LogP contribution in [-0.2, 0) is 11.2 Å². The number of non-ortho nitro benzene ring substituents is 1. The fraction of sp³-hybridized carbons (Fsp3) is 0.533. The molecule has 1 fully saturated rings. The SMILES string of the molecule is CC1CCN(c2ccc([N+](=O)[O-])cc2CC(N)C(=O)O)CC1. The largest absolute Gasteiger partial charge is 0.480 e. The number of rotatable bonds is 5. The molecule has 7 heteroatoms. The average molecular weight is 307 g/mol. The van der Waals surface area contributed by atoms with Crippen LogP contribution in [0.15, 0.2) is 18.2 Å². The van der Waals surface area contributed by atoms with Crippen molar-refractivity contribution in [2.45, 2.75) is 32.2 Å². The summed E-state index contributed by atoms with van der Waals surface area (Å²) in [4.78, 5) is 23.6. The number of nitrogens with zero attached hydrogens (tertiary/aromatic N) is 2. The van der Waals surface area contributed by atoms with E-state index >= 15 is 0 Å². The lowest BCUT2D eigenvalue weighted by molar-refractivity contribution is -0.384. The van der Waals surface area contributed by atoms with E-state index in [1.807, 2.05) is 0 Å². The number of piperidine rings is 1. The van der Waals surface area contributed by atoms with Crippen LogP contribution in [0, 0.1) is 16.0 Å². The van der Waals surface area contributed by atoms with Gasteiger partial charge in [0.05, 0.1) is 4.92 Å². The molecule has 0 aromatic heterocycles. The highest BCUT2D eigenvalue weighted by Gasteiger charge is 2.22. The summed E-state index contributed by atoms with van der Waals surface area (Å²) in [5.41, 5.74) is 7.05. The Morgan fingerprint density at radius 3 is 2.68 bits per heavy atom. The Bertz CT molecular complexity index is 568. The lowest BCUT2D eigenvalue weighted by Crippen LogP contribution is -2.36. The van der Waals surface area contributed by atoms with Crippen molar-refractivity contribution < 1.29 is 14.8 Å². The molecule has 7 nitrogen and oxygen atoms in total. The maximum Gasteiger partial charge on any atom is 0.320 e. The number of hydrogen-bond acceptors (Lipinski definition) is 5. The molecule has 1 saturated heterocycles. The van der Waals surface area contributed by atoms with Crippen molar-refractivity contribution in [3.63, 3.8) is 0 Å². The molecule has 1 aromatic carbocycles. The van der Waals surface area contributed by atoms with Gasteiger partial charge < -0.3 is 15.7 Å². The first kappa shape index (κ1) is 16.2. The molecule has 0 spiro atoms. The molecule has 120 valence electrons. The summed E-state index contributed by atoms with van der Waals surface area (Å²) in [6, 6.07) is 3.54. The van der Waals surface area contributed by atoms with E-state index in [-0.39, 0.29) is 12.1 Å². The molecule has 1 heterocycles. The summed E-state index contributed by atoms with van der Waals surface area (Å²) in [6.07, 6.45) is 2.20. The third kappa shape index (κ3) is 3.73. The van der Waals surface area contributed by atoms with Crippen molar-refractivity contribution in [3.8, 4) is 0 Å². The van der Waals surface area contributed by atoms with Crippen molar-refractivity contribution in [3.05, 3.63) is 33.9 Å². The maximum atomic E-state index is 11.0. The molecule has 1 aliphatic rings. The molecule has 2 rings (SSSR count). The van der Waals surface area contributed by atoms with Crippen molar-refractivity contribution in [2.24, 2.45) is 11.7 Å². The molecule has 0 aliphatic carbocycles. The molecule has 3 N–H and O–H groups in total. The number of hydrogen-bond donors (Lipinski definition) is 2. The van der Waals surface area contributed by atoms with Gasteiger partial charge in [-0.15, -0.1) is 0 Å². The van der Waals surface area contributed by atoms with Gasteiger partial charge in [-0.25, -0.2) is 0 Å². The first-order valence-electron chi connectivity index (χ1n) is 7.39. The number of nitrogens with two attached hydrogens (primary N) is 1.